The van der Waals surface area contributed by atoms with Gasteiger partial charge in [0.25, 0.3) is 0 Å². The molecule has 0 aliphatic heterocycles. The van der Waals surface area contributed by atoms with Crippen molar-refractivity contribution in [1.29, 1.82) is 0 Å². The van der Waals surface area contributed by atoms with Crippen molar-refractivity contribution in [2.45, 2.75) is 112 Å². The minimum atomic E-state index is -0.0138. The number of hydrogen-bond acceptors (Lipinski definition) is 1. The fourth-order valence-electron chi connectivity index (χ4n) is 10.3. The number of rotatable bonds is 4. The fourth-order valence-corrected chi connectivity index (χ4v) is 10.3. The molecule has 4 fully saturated rings. The zero-order valence-electron chi connectivity index (χ0n) is 20.7. The Morgan fingerprint density at radius 2 is 1.60 bits per heavy atom. The van der Waals surface area contributed by atoms with Crippen molar-refractivity contribution in [3.05, 3.63) is 11.1 Å². The van der Waals surface area contributed by atoms with Gasteiger partial charge in [0, 0.05) is 0 Å². The van der Waals surface area contributed by atoms with E-state index in [0.717, 1.165) is 60.2 Å². The first kappa shape index (κ1) is 21.5. The van der Waals surface area contributed by atoms with Gasteiger partial charge >= 0.3 is 0 Å². The molecule has 0 spiro atoms. The lowest BCUT2D eigenvalue weighted by Crippen LogP contribution is -2.54. The molecule has 0 aromatic heterocycles. The summed E-state index contributed by atoms with van der Waals surface area (Å²) < 4.78 is 0. The van der Waals surface area contributed by atoms with Crippen LogP contribution in [0.25, 0.3) is 0 Å². The number of fused-ring (bicyclic) bond motifs is 5. The number of aliphatic hydroxyl groups excluding tert-OH is 1. The normalized spacial score (nSPS) is 51.4. The van der Waals surface area contributed by atoms with Gasteiger partial charge in [0.1, 0.15) is 0 Å². The summed E-state index contributed by atoms with van der Waals surface area (Å²) in [4.78, 5) is 0. The summed E-state index contributed by atoms with van der Waals surface area (Å²) in [6.45, 7) is 15.2. The average molecular weight is 413 g/mol. The van der Waals surface area contributed by atoms with Crippen LogP contribution < -0.4 is 0 Å². The molecule has 0 saturated heterocycles. The van der Waals surface area contributed by atoms with Gasteiger partial charge in [-0.25, -0.2) is 0 Å². The van der Waals surface area contributed by atoms with Crippen LogP contribution in [0.1, 0.15) is 106 Å². The van der Waals surface area contributed by atoms with Crippen molar-refractivity contribution in [2.75, 3.05) is 0 Å². The monoisotopic (exact) mass is 412 g/mol. The van der Waals surface area contributed by atoms with Crippen LogP contribution in [-0.2, 0) is 0 Å². The Morgan fingerprint density at radius 3 is 2.30 bits per heavy atom. The standard InChI is InChI=1S/C29H48O/c1-17(2)27-19(4)23(27)15-18(3)24-9-10-25-22-8-7-20-16-21(30)11-13-28(20,5)26(22)12-14-29(24,25)6/h17-22,24-26,30H,7-16H2,1-6H3/t18-,19-,20+,21+,22+,24-,25+,26+,28+,29-/m1/s1. The van der Waals surface area contributed by atoms with Crippen molar-refractivity contribution in [1.82, 2.24) is 0 Å². The molecule has 0 bridgehead atoms. The maximum Gasteiger partial charge on any atom is 0.0543 e. The fraction of sp³-hybridized carbons (Fsp3) is 0.931. The van der Waals surface area contributed by atoms with Gasteiger partial charge in [-0.2, -0.15) is 0 Å². The van der Waals surface area contributed by atoms with Crippen LogP contribution in [0, 0.1) is 58.2 Å². The SMILES string of the molecule is CC(C)C1=C(C[C@@H](C)[C@H]2CC[C@H]3[C@@H]4CC[C@H]5C[C@@H](O)CC[C@]5(C)[C@H]4CC[C@]23C)[C@H]1C. The van der Waals surface area contributed by atoms with Crippen LogP contribution in [0.15, 0.2) is 11.1 Å². The highest BCUT2D eigenvalue weighted by atomic mass is 16.3. The minimum absolute atomic E-state index is 0.0138. The molecule has 0 unspecified atom stereocenters. The summed E-state index contributed by atoms with van der Waals surface area (Å²) in [5.41, 5.74) is 4.73. The zero-order valence-corrected chi connectivity index (χ0v) is 20.7. The molecule has 170 valence electrons. The quantitative estimate of drug-likeness (QED) is 0.470. The Bertz CT molecular complexity index is 705. The molecule has 0 aromatic carbocycles. The van der Waals surface area contributed by atoms with Gasteiger partial charge in [0.15, 0.2) is 0 Å². The van der Waals surface area contributed by atoms with E-state index in [4.69, 9.17) is 0 Å². The number of hydrogen-bond donors (Lipinski definition) is 1. The first-order valence-corrected chi connectivity index (χ1v) is 13.6. The van der Waals surface area contributed by atoms with E-state index in [-0.39, 0.29) is 6.10 Å². The Labute approximate surface area is 186 Å². The van der Waals surface area contributed by atoms with Crippen molar-refractivity contribution < 1.29 is 5.11 Å². The van der Waals surface area contributed by atoms with Gasteiger partial charge in [-0.05, 0) is 122 Å². The third-order valence-corrected chi connectivity index (χ3v) is 11.8. The summed E-state index contributed by atoms with van der Waals surface area (Å²) in [7, 11) is 0. The summed E-state index contributed by atoms with van der Waals surface area (Å²) in [5.74, 6) is 7.05. The van der Waals surface area contributed by atoms with Gasteiger partial charge in [0.2, 0.25) is 0 Å². The Morgan fingerprint density at radius 1 is 0.900 bits per heavy atom. The van der Waals surface area contributed by atoms with Crippen molar-refractivity contribution in [3.63, 3.8) is 0 Å². The van der Waals surface area contributed by atoms with E-state index in [1.54, 1.807) is 5.57 Å². The van der Waals surface area contributed by atoms with Gasteiger partial charge < -0.3 is 5.11 Å². The predicted octanol–water partition coefficient (Wildman–Crippen LogP) is 7.63. The van der Waals surface area contributed by atoms with E-state index in [9.17, 15) is 5.11 Å². The Balaban J connectivity index is 1.32. The molecule has 5 rings (SSSR count). The van der Waals surface area contributed by atoms with Crippen LogP contribution in [-0.4, -0.2) is 11.2 Å². The zero-order chi connectivity index (χ0) is 21.4. The molecule has 4 saturated carbocycles. The van der Waals surface area contributed by atoms with E-state index >= 15 is 0 Å². The van der Waals surface area contributed by atoms with Gasteiger partial charge in [-0.1, -0.05) is 52.7 Å². The molecule has 1 nitrogen and oxygen atoms in total. The molecule has 30 heavy (non-hydrogen) atoms. The highest BCUT2D eigenvalue weighted by Crippen LogP contribution is 2.68. The number of aliphatic hydroxyl groups is 1. The second-order valence-corrected chi connectivity index (χ2v) is 13.4. The summed E-state index contributed by atoms with van der Waals surface area (Å²) in [5, 5.41) is 10.3. The second kappa shape index (κ2) is 7.36. The van der Waals surface area contributed by atoms with Crippen LogP contribution >= 0.6 is 0 Å². The van der Waals surface area contributed by atoms with Crippen LogP contribution in [0.4, 0.5) is 0 Å². The lowest BCUT2D eigenvalue weighted by molar-refractivity contribution is -0.129. The third kappa shape index (κ3) is 3.11. The van der Waals surface area contributed by atoms with Crippen molar-refractivity contribution >= 4 is 0 Å². The molecule has 0 heterocycles. The largest absolute Gasteiger partial charge is 0.393 e. The predicted molar refractivity (Wildman–Crippen MR) is 126 cm³/mol. The topological polar surface area (TPSA) is 20.2 Å². The first-order chi connectivity index (χ1) is 14.2. The highest BCUT2D eigenvalue weighted by molar-refractivity contribution is 5.41. The number of allylic oxidation sites excluding steroid dienone is 2. The van der Waals surface area contributed by atoms with E-state index in [0.29, 0.717) is 10.8 Å². The minimum Gasteiger partial charge on any atom is -0.393 e. The molecular weight excluding hydrogens is 364 g/mol. The second-order valence-electron chi connectivity index (χ2n) is 13.4. The summed E-state index contributed by atoms with van der Waals surface area (Å²) >= 11 is 0. The smallest absolute Gasteiger partial charge is 0.0543 e. The van der Waals surface area contributed by atoms with Crippen LogP contribution in [0.5, 0.6) is 0 Å². The van der Waals surface area contributed by atoms with Crippen LogP contribution in [0.2, 0.25) is 0 Å². The van der Waals surface area contributed by atoms with E-state index in [2.05, 4.69) is 41.5 Å². The summed E-state index contributed by atoms with van der Waals surface area (Å²) in [6, 6.07) is 0. The molecule has 1 N–H and O–H groups in total. The lowest BCUT2D eigenvalue weighted by Gasteiger charge is -2.61. The lowest BCUT2D eigenvalue weighted by atomic mass is 9.44. The Kier molecular flexibility index (Phi) is 5.28. The molecule has 5 aliphatic rings. The molecule has 0 amide bonds. The molecule has 1 heteroatoms. The molecular formula is C29H48O. The van der Waals surface area contributed by atoms with Gasteiger partial charge in [-0.3, -0.25) is 0 Å². The van der Waals surface area contributed by atoms with E-state index < -0.39 is 0 Å². The molecule has 10 atom stereocenters. The molecule has 0 aromatic rings. The van der Waals surface area contributed by atoms with Crippen LogP contribution in [0.3, 0.4) is 0 Å². The average Bonchev–Trinajstić information content (AvgIpc) is 3.17. The van der Waals surface area contributed by atoms with E-state index in [1.165, 1.54) is 51.4 Å². The molecule has 0 radical (unpaired) electrons. The Hall–Kier alpha value is -0.300. The summed E-state index contributed by atoms with van der Waals surface area (Å²) in [6.07, 6.45) is 13.6. The maximum absolute atomic E-state index is 10.3. The van der Waals surface area contributed by atoms with Gasteiger partial charge in [0.05, 0.1) is 6.10 Å². The third-order valence-electron chi connectivity index (χ3n) is 11.8. The van der Waals surface area contributed by atoms with E-state index in [1.807, 2.05) is 5.57 Å². The van der Waals surface area contributed by atoms with Gasteiger partial charge in [-0.15, -0.1) is 0 Å². The maximum atomic E-state index is 10.3. The van der Waals surface area contributed by atoms with Crippen molar-refractivity contribution in [3.8, 4) is 0 Å². The molecule has 5 aliphatic carbocycles. The highest BCUT2D eigenvalue weighted by Gasteiger charge is 2.60. The first-order valence-electron chi connectivity index (χ1n) is 13.6. The van der Waals surface area contributed by atoms with Crippen molar-refractivity contribution in [2.24, 2.45) is 58.2 Å².